The number of rotatable bonds is 8. The minimum atomic E-state index is -0.586. The lowest BCUT2D eigenvalue weighted by molar-refractivity contribution is -0.136. The molecular weight excluding hydrogens is 523 g/mol. The fourth-order valence-corrected chi connectivity index (χ4v) is 4.72. The monoisotopic (exact) mass is 550 g/mol. The zero-order valence-corrected chi connectivity index (χ0v) is 22.5. The van der Waals surface area contributed by atoms with E-state index < -0.39 is 11.9 Å². The van der Waals surface area contributed by atoms with Crippen molar-refractivity contribution in [2.75, 3.05) is 6.61 Å². The lowest BCUT2D eigenvalue weighted by Gasteiger charge is -2.27. The maximum atomic E-state index is 14.0. The summed E-state index contributed by atoms with van der Waals surface area (Å²) < 4.78 is 36.7. The van der Waals surface area contributed by atoms with E-state index in [1.807, 2.05) is 38.1 Å². The molecule has 0 fully saturated rings. The molecule has 0 amide bonds. The van der Waals surface area contributed by atoms with Gasteiger partial charge in [0.1, 0.15) is 47.1 Å². The van der Waals surface area contributed by atoms with E-state index in [4.69, 9.17) is 24.7 Å². The molecule has 4 aromatic rings. The van der Waals surface area contributed by atoms with Crippen LogP contribution in [0.1, 0.15) is 33.7 Å². The average molecular weight is 551 g/mol. The van der Waals surface area contributed by atoms with Gasteiger partial charge in [0, 0.05) is 17.2 Å². The number of benzene rings is 4. The SMILES string of the molecule is Cc1cc(C)cc(OCC(=O)Oc2ccc3c(c2)OC(N)=C(C#N)C3c2cccc(OCc3ccccc3F)c2)c1. The molecule has 1 atom stereocenters. The van der Waals surface area contributed by atoms with Crippen molar-refractivity contribution in [3.63, 3.8) is 0 Å². The molecule has 1 unspecified atom stereocenters. The Kier molecular flexibility index (Phi) is 7.88. The second-order valence-corrected chi connectivity index (χ2v) is 9.66. The van der Waals surface area contributed by atoms with Gasteiger partial charge in [-0.1, -0.05) is 42.5 Å². The highest BCUT2D eigenvalue weighted by atomic mass is 19.1. The van der Waals surface area contributed by atoms with Crippen molar-refractivity contribution in [3.8, 4) is 29.1 Å². The van der Waals surface area contributed by atoms with Gasteiger partial charge in [0.05, 0.1) is 5.92 Å². The normalized spacial score (nSPS) is 14.0. The van der Waals surface area contributed by atoms with E-state index in [0.717, 1.165) is 16.7 Å². The molecule has 0 aromatic heterocycles. The van der Waals surface area contributed by atoms with Crippen LogP contribution in [0.15, 0.2) is 96.4 Å². The van der Waals surface area contributed by atoms with Gasteiger partial charge in [0.25, 0.3) is 0 Å². The summed E-state index contributed by atoms with van der Waals surface area (Å²) in [5, 5.41) is 9.91. The number of ether oxygens (including phenoxy) is 4. The predicted octanol–water partition coefficient (Wildman–Crippen LogP) is 6.22. The van der Waals surface area contributed by atoms with Crippen molar-refractivity contribution in [3.05, 3.63) is 130 Å². The number of allylic oxidation sites excluding steroid dienone is 1. The molecular formula is C33H27FN2O5. The molecule has 41 heavy (non-hydrogen) atoms. The standard InChI is InChI=1S/C33H27FN2O5/c1-20-12-21(2)14-26(13-20)39-19-31(37)40-25-10-11-27-30(16-25)41-33(36)28(17-35)32(27)22-7-5-8-24(15-22)38-18-23-6-3-4-9-29(23)34/h3-16,32H,18-19,36H2,1-2H3. The van der Waals surface area contributed by atoms with Crippen LogP contribution < -0.4 is 24.7 Å². The molecule has 0 saturated carbocycles. The zero-order chi connectivity index (χ0) is 28.9. The number of esters is 1. The largest absolute Gasteiger partial charge is 0.489 e. The van der Waals surface area contributed by atoms with E-state index in [1.165, 1.54) is 6.07 Å². The quantitative estimate of drug-likeness (QED) is 0.205. The predicted molar refractivity (Wildman–Crippen MR) is 150 cm³/mol. The Hall–Kier alpha value is -5.29. The number of carbonyl (C=O) groups excluding carboxylic acids is 1. The summed E-state index contributed by atoms with van der Waals surface area (Å²) in [4.78, 5) is 12.5. The van der Waals surface area contributed by atoms with E-state index >= 15 is 0 Å². The number of nitrogens with zero attached hydrogens (tertiary/aromatic N) is 1. The van der Waals surface area contributed by atoms with Crippen LogP contribution in [0.5, 0.6) is 23.0 Å². The summed E-state index contributed by atoms with van der Waals surface area (Å²) >= 11 is 0. The Labute approximate surface area is 237 Å². The van der Waals surface area contributed by atoms with Gasteiger partial charge in [-0.05, 0) is 66.9 Å². The molecule has 0 saturated heterocycles. The summed E-state index contributed by atoms with van der Waals surface area (Å²) in [7, 11) is 0. The molecule has 0 aliphatic carbocycles. The molecule has 2 N–H and O–H groups in total. The molecule has 7 nitrogen and oxygen atoms in total. The lowest BCUT2D eigenvalue weighted by Crippen LogP contribution is -2.21. The third-order valence-electron chi connectivity index (χ3n) is 6.52. The highest BCUT2D eigenvalue weighted by Gasteiger charge is 2.31. The Morgan fingerprint density at radius 3 is 2.46 bits per heavy atom. The van der Waals surface area contributed by atoms with E-state index in [1.54, 1.807) is 54.6 Å². The lowest BCUT2D eigenvalue weighted by atomic mass is 9.83. The van der Waals surface area contributed by atoms with E-state index in [2.05, 4.69) is 6.07 Å². The number of nitriles is 1. The van der Waals surface area contributed by atoms with Crippen molar-refractivity contribution >= 4 is 5.97 Å². The van der Waals surface area contributed by atoms with Gasteiger partial charge in [-0.2, -0.15) is 5.26 Å². The number of carbonyl (C=O) groups is 1. The van der Waals surface area contributed by atoms with Crippen LogP contribution in [0.2, 0.25) is 0 Å². The van der Waals surface area contributed by atoms with Gasteiger partial charge >= 0.3 is 5.97 Å². The van der Waals surface area contributed by atoms with Gasteiger partial charge in [0.15, 0.2) is 6.61 Å². The van der Waals surface area contributed by atoms with Crippen LogP contribution in [0.4, 0.5) is 4.39 Å². The van der Waals surface area contributed by atoms with Crippen LogP contribution in [-0.4, -0.2) is 12.6 Å². The fourth-order valence-electron chi connectivity index (χ4n) is 4.72. The Morgan fingerprint density at radius 2 is 1.71 bits per heavy atom. The summed E-state index contributed by atoms with van der Waals surface area (Å²) in [6.07, 6.45) is 0. The molecule has 0 radical (unpaired) electrons. The third kappa shape index (κ3) is 6.31. The van der Waals surface area contributed by atoms with Crippen LogP contribution >= 0.6 is 0 Å². The Bertz CT molecular complexity index is 1670. The summed E-state index contributed by atoms with van der Waals surface area (Å²) in [6, 6.07) is 26.3. The number of hydrogen-bond donors (Lipinski definition) is 1. The van der Waals surface area contributed by atoms with Crippen molar-refractivity contribution in [1.82, 2.24) is 0 Å². The van der Waals surface area contributed by atoms with Gasteiger partial charge < -0.3 is 24.7 Å². The molecule has 1 heterocycles. The van der Waals surface area contributed by atoms with E-state index in [0.29, 0.717) is 28.4 Å². The smallest absolute Gasteiger partial charge is 0.349 e. The molecule has 5 rings (SSSR count). The Balaban J connectivity index is 1.34. The molecule has 0 bridgehead atoms. The Morgan fingerprint density at radius 1 is 0.927 bits per heavy atom. The molecule has 1 aliphatic heterocycles. The highest BCUT2D eigenvalue weighted by molar-refractivity contribution is 5.74. The molecule has 206 valence electrons. The number of halogens is 1. The second kappa shape index (κ2) is 11.8. The minimum Gasteiger partial charge on any atom is -0.489 e. The first-order valence-electron chi connectivity index (χ1n) is 12.9. The van der Waals surface area contributed by atoms with Gasteiger partial charge in [-0.25, -0.2) is 9.18 Å². The average Bonchev–Trinajstić information content (AvgIpc) is 2.94. The van der Waals surface area contributed by atoms with Crippen LogP contribution in [0.3, 0.4) is 0 Å². The summed E-state index contributed by atoms with van der Waals surface area (Å²) in [6.45, 7) is 3.67. The number of hydrogen-bond acceptors (Lipinski definition) is 7. The van der Waals surface area contributed by atoms with Crippen LogP contribution in [0.25, 0.3) is 0 Å². The number of nitrogens with two attached hydrogens (primary N) is 1. The molecule has 8 heteroatoms. The fraction of sp³-hybridized carbons (Fsp3) is 0.152. The van der Waals surface area contributed by atoms with Crippen LogP contribution in [0, 0.1) is 31.0 Å². The van der Waals surface area contributed by atoms with E-state index in [9.17, 15) is 14.4 Å². The van der Waals surface area contributed by atoms with Gasteiger partial charge in [0.2, 0.25) is 5.88 Å². The third-order valence-corrected chi connectivity index (χ3v) is 6.52. The van der Waals surface area contributed by atoms with Crippen molar-refractivity contribution in [1.29, 1.82) is 5.26 Å². The van der Waals surface area contributed by atoms with E-state index in [-0.39, 0.29) is 36.2 Å². The minimum absolute atomic E-state index is 0.0471. The van der Waals surface area contributed by atoms with Gasteiger partial charge in [-0.3, -0.25) is 0 Å². The topological polar surface area (TPSA) is 104 Å². The highest BCUT2D eigenvalue weighted by Crippen LogP contribution is 2.44. The maximum absolute atomic E-state index is 14.0. The summed E-state index contributed by atoms with van der Waals surface area (Å²) in [5.41, 5.74) is 10.2. The van der Waals surface area contributed by atoms with Crippen molar-refractivity contribution < 1.29 is 28.1 Å². The molecule has 0 spiro atoms. The van der Waals surface area contributed by atoms with Gasteiger partial charge in [-0.15, -0.1) is 0 Å². The molecule has 1 aliphatic rings. The van der Waals surface area contributed by atoms with Crippen LogP contribution in [-0.2, 0) is 11.4 Å². The first-order valence-corrected chi connectivity index (χ1v) is 12.9. The number of aryl methyl sites for hydroxylation is 2. The number of fused-ring (bicyclic) bond motifs is 1. The first kappa shape index (κ1) is 27.3. The second-order valence-electron chi connectivity index (χ2n) is 9.66. The maximum Gasteiger partial charge on any atom is 0.349 e. The molecule has 4 aromatic carbocycles. The van der Waals surface area contributed by atoms with Crippen molar-refractivity contribution in [2.45, 2.75) is 26.4 Å². The van der Waals surface area contributed by atoms with Crippen molar-refractivity contribution in [2.24, 2.45) is 5.73 Å². The zero-order valence-electron chi connectivity index (χ0n) is 22.5. The summed E-state index contributed by atoms with van der Waals surface area (Å²) in [5.74, 6) is 0.136. The first-order chi connectivity index (χ1) is 19.8.